The van der Waals surface area contributed by atoms with Gasteiger partial charge in [0.05, 0.1) is 17.6 Å². The van der Waals surface area contributed by atoms with E-state index in [-0.39, 0.29) is 0 Å². The number of hydrogen-bond donors (Lipinski definition) is 1. The number of hydrogen-bond acceptors (Lipinski definition) is 2. The third-order valence-electron chi connectivity index (χ3n) is 2.85. The Hall–Kier alpha value is -1.59. The molecule has 4 nitrogen and oxygen atoms in total. The van der Waals surface area contributed by atoms with Crippen LogP contribution in [0.2, 0.25) is 5.02 Å². The second kappa shape index (κ2) is 4.59. The van der Waals surface area contributed by atoms with Crippen LogP contribution in [0.5, 0.6) is 0 Å². The molecule has 0 amide bonds. The SMILES string of the molecule is S=c1[nH]c2ccc(Cl)cc2n1CCn1cccn1. The molecule has 0 bridgehead atoms. The normalized spacial score (nSPS) is 11.2. The standard InChI is InChI=1S/C12H11ClN4S/c13-9-2-3-10-11(8-9)17(12(18)15-10)7-6-16-5-1-4-14-16/h1-5,8H,6-7H2,(H,15,18). The van der Waals surface area contributed by atoms with E-state index in [1.807, 2.05) is 39.7 Å². The lowest BCUT2D eigenvalue weighted by Gasteiger charge is -2.05. The van der Waals surface area contributed by atoms with E-state index in [9.17, 15) is 0 Å². The molecule has 1 aromatic carbocycles. The van der Waals surface area contributed by atoms with Crippen molar-refractivity contribution in [2.45, 2.75) is 13.1 Å². The molecule has 0 aliphatic rings. The number of imidazole rings is 1. The van der Waals surface area contributed by atoms with Crippen LogP contribution in [0.4, 0.5) is 0 Å². The molecule has 0 atom stereocenters. The average molecular weight is 279 g/mol. The van der Waals surface area contributed by atoms with Crippen molar-refractivity contribution in [1.29, 1.82) is 0 Å². The van der Waals surface area contributed by atoms with Crippen LogP contribution >= 0.6 is 23.8 Å². The molecule has 92 valence electrons. The molecule has 2 heterocycles. The lowest BCUT2D eigenvalue weighted by Crippen LogP contribution is -2.07. The largest absolute Gasteiger partial charge is 0.331 e. The maximum absolute atomic E-state index is 6.02. The molecule has 3 aromatic rings. The lowest BCUT2D eigenvalue weighted by atomic mass is 10.3. The molecule has 1 N–H and O–H groups in total. The summed E-state index contributed by atoms with van der Waals surface area (Å²) in [5.74, 6) is 0. The number of fused-ring (bicyclic) bond motifs is 1. The zero-order valence-electron chi connectivity index (χ0n) is 9.51. The van der Waals surface area contributed by atoms with Crippen LogP contribution in [0.25, 0.3) is 11.0 Å². The van der Waals surface area contributed by atoms with Gasteiger partial charge < -0.3 is 9.55 Å². The Bertz CT molecular complexity index is 726. The lowest BCUT2D eigenvalue weighted by molar-refractivity contribution is 0.538. The van der Waals surface area contributed by atoms with E-state index in [2.05, 4.69) is 10.1 Å². The molecule has 0 fully saturated rings. The fourth-order valence-electron chi connectivity index (χ4n) is 1.98. The first kappa shape index (κ1) is 11.5. The summed E-state index contributed by atoms with van der Waals surface area (Å²) in [7, 11) is 0. The molecule has 0 aliphatic heterocycles. The van der Waals surface area contributed by atoms with Gasteiger partial charge in [-0.05, 0) is 36.5 Å². The van der Waals surface area contributed by atoms with E-state index >= 15 is 0 Å². The molecule has 0 spiro atoms. The van der Waals surface area contributed by atoms with Gasteiger partial charge in [-0.25, -0.2) is 0 Å². The molecule has 6 heteroatoms. The van der Waals surface area contributed by atoms with Crippen molar-refractivity contribution in [3.05, 3.63) is 46.5 Å². The smallest absolute Gasteiger partial charge is 0.178 e. The number of rotatable bonds is 3. The van der Waals surface area contributed by atoms with E-state index in [1.165, 1.54) is 0 Å². The molecule has 3 rings (SSSR count). The number of H-pyrrole nitrogens is 1. The van der Waals surface area contributed by atoms with Crippen molar-refractivity contribution in [3.8, 4) is 0 Å². The van der Waals surface area contributed by atoms with Gasteiger partial charge in [-0.1, -0.05) is 11.6 Å². The Balaban J connectivity index is 1.98. The highest BCUT2D eigenvalue weighted by molar-refractivity contribution is 7.71. The Morgan fingerprint density at radius 1 is 1.33 bits per heavy atom. The topological polar surface area (TPSA) is 38.5 Å². The highest BCUT2D eigenvalue weighted by atomic mass is 35.5. The maximum Gasteiger partial charge on any atom is 0.178 e. The van der Waals surface area contributed by atoms with Crippen LogP contribution in [0.3, 0.4) is 0 Å². The zero-order chi connectivity index (χ0) is 12.5. The summed E-state index contributed by atoms with van der Waals surface area (Å²) >= 11 is 11.3. The van der Waals surface area contributed by atoms with Gasteiger partial charge >= 0.3 is 0 Å². The number of aromatic amines is 1. The molecule has 0 radical (unpaired) electrons. The van der Waals surface area contributed by atoms with Crippen molar-refractivity contribution >= 4 is 34.9 Å². The monoisotopic (exact) mass is 278 g/mol. The van der Waals surface area contributed by atoms with Gasteiger partial charge in [0.2, 0.25) is 0 Å². The molecular formula is C12H11ClN4S. The summed E-state index contributed by atoms with van der Waals surface area (Å²) in [5, 5.41) is 4.89. The minimum absolute atomic E-state index is 0.708. The predicted octanol–water partition coefficient (Wildman–Crippen LogP) is 3.25. The fourth-order valence-corrected chi connectivity index (χ4v) is 2.45. The third kappa shape index (κ3) is 2.07. The van der Waals surface area contributed by atoms with E-state index in [4.69, 9.17) is 23.8 Å². The third-order valence-corrected chi connectivity index (χ3v) is 3.41. The number of nitrogens with one attached hydrogen (secondary N) is 1. The molecule has 0 aliphatic carbocycles. The number of aryl methyl sites for hydroxylation is 2. The van der Waals surface area contributed by atoms with Crippen molar-refractivity contribution in [3.63, 3.8) is 0 Å². The second-order valence-corrected chi connectivity index (χ2v) is 4.84. The summed E-state index contributed by atoms with van der Waals surface area (Å²) in [6.45, 7) is 1.54. The summed E-state index contributed by atoms with van der Waals surface area (Å²) < 4.78 is 4.63. The number of halogens is 1. The van der Waals surface area contributed by atoms with Gasteiger partial charge in [-0.3, -0.25) is 4.68 Å². The van der Waals surface area contributed by atoms with Gasteiger partial charge in [-0.2, -0.15) is 5.10 Å². The van der Waals surface area contributed by atoms with Gasteiger partial charge in [-0.15, -0.1) is 0 Å². The average Bonchev–Trinajstić information content (AvgIpc) is 2.94. The van der Waals surface area contributed by atoms with Crippen molar-refractivity contribution in [2.75, 3.05) is 0 Å². The van der Waals surface area contributed by atoms with Crippen molar-refractivity contribution in [2.24, 2.45) is 0 Å². The summed E-state index contributed by atoms with van der Waals surface area (Å²) in [5.41, 5.74) is 2.03. The van der Waals surface area contributed by atoms with Crippen LogP contribution in [0, 0.1) is 4.77 Å². The highest BCUT2D eigenvalue weighted by Gasteiger charge is 2.05. The summed E-state index contributed by atoms with van der Waals surface area (Å²) in [6.07, 6.45) is 3.71. The van der Waals surface area contributed by atoms with E-state index in [0.717, 1.165) is 24.1 Å². The predicted molar refractivity (Wildman–Crippen MR) is 74.4 cm³/mol. The Kier molecular flexibility index (Phi) is 2.93. The zero-order valence-corrected chi connectivity index (χ0v) is 11.1. The first-order valence-electron chi connectivity index (χ1n) is 5.59. The first-order chi connectivity index (χ1) is 8.74. The molecule has 18 heavy (non-hydrogen) atoms. The van der Waals surface area contributed by atoms with Crippen LogP contribution < -0.4 is 0 Å². The Labute approximate surface area is 114 Å². The Morgan fingerprint density at radius 3 is 3.00 bits per heavy atom. The van der Waals surface area contributed by atoms with Gasteiger partial charge in [0.15, 0.2) is 4.77 Å². The maximum atomic E-state index is 6.02. The van der Waals surface area contributed by atoms with Crippen LogP contribution in [0.15, 0.2) is 36.7 Å². The number of benzene rings is 1. The van der Waals surface area contributed by atoms with Gasteiger partial charge in [0.25, 0.3) is 0 Å². The van der Waals surface area contributed by atoms with Gasteiger partial charge in [0.1, 0.15) is 0 Å². The quantitative estimate of drug-likeness (QED) is 0.747. The minimum Gasteiger partial charge on any atom is -0.331 e. The van der Waals surface area contributed by atoms with Crippen LogP contribution in [0.1, 0.15) is 0 Å². The fraction of sp³-hybridized carbons (Fsp3) is 0.167. The molecule has 2 aromatic heterocycles. The highest BCUT2D eigenvalue weighted by Crippen LogP contribution is 2.19. The van der Waals surface area contributed by atoms with Gasteiger partial charge in [0, 0.05) is 24.0 Å². The van der Waals surface area contributed by atoms with Crippen molar-refractivity contribution < 1.29 is 0 Å². The van der Waals surface area contributed by atoms with E-state index in [1.54, 1.807) is 6.20 Å². The summed E-state index contributed by atoms with van der Waals surface area (Å²) in [6, 6.07) is 7.63. The molecule has 0 saturated carbocycles. The number of nitrogens with zero attached hydrogens (tertiary/aromatic N) is 3. The van der Waals surface area contributed by atoms with E-state index in [0.29, 0.717) is 9.79 Å². The second-order valence-electron chi connectivity index (χ2n) is 4.01. The number of aromatic nitrogens is 4. The molecule has 0 saturated heterocycles. The molecular weight excluding hydrogens is 268 g/mol. The summed E-state index contributed by atoms with van der Waals surface area (Å²) in [4.78, 5) is 3.17. The van der Waals surface area contributed by atoms with Crippen molar-refractivity contribution in [1.82, 2.24) is 19.3 Å². The van der Waals surface area contributed by atoms with Crippen LogP contribution in [-0.4, -0.2) is 19.3 Å². The van der Waals surface area contributed by atoms with Crippen LogP contribution in [-0.2, 0) is 13.1 Å². The first-order valence-corrected chi connectivity index (χ1v) is 6.38. The minimum atomic E-state index is 0.708. The molecule has 0 unspecified atom stereocenters. The van der Waals surface area contributed by atoms with E-state index < -0.39 is 0 Å². The Morgan fingerprint density at radius 2 is 2.22 bits per heavy atom.